The smallest absolute Gasteiger partial charge is 0.248 e. The van der Waals surface area contributed by atoms with Crippen LogP contribution in [-0.2, 0) is 16.1 Å². The number of anilines is 2. The third kappa shape index (κ3) is 9.68. The molecule has 1 aliphatic carbocycles. The summed E-state index contributed by atoms with van der Waals surface area (Å²) in [6, 6.07) is 23.3. The first kappa shape index (κ1) is 45.5. The van der Waals surface area contributed by atoms with Gasteiger partial charge in [-0.3, -0.25) is 39.1 Å². The van der Waals surface area contributed by atoms with Gasteiger partial charge in [0.05, 0.1) is 17.1 Å². The predicted octanol–water partition coefficient (Wildman–Crippen LogP) is 6.01. The van der Waals surface area contributed by atoms with Crippen LogP contribution in [-0.4, -0.2) is 103 Å². The van der Waals surface area contributed by atoms with Gasteiger partial charge in [0.1, 0.15) is 24.2 Å². The molecule has 1 saturated carbocycles. The first-order chi connectivity index (χ1) is 31.0. The van der Waals surface area contributed by atoms with Crippen LogP contribution in [0.5, 0.6) is 5.75 Å². The Labute approximate surface area is 381 Å². The number of fused-ring (bicyclic) bond motifs is 3. The van der Waals surface area contributed by atoms with Crippen molar-refractivity contribution in [1.82, 2.24) is 20.1 Å². The summed E-state index contributed by atoms with van der Waals surface area (Å²) in [6.45, 7) is 14.4. The highest BCUT2D eigenvalue weighted by Gasteiger charge is 2.55. The van der Waals surface area contributed by atoms with Gasteiger partial charge in [0.25, 0.3) is 0 Å². The monoisotopic (exact) mass is 882 g/mol. The molecule has 3 aromatic carbocycles. The highest BCUT2D eigenvalue weighted by atomic mass is 16.5. The van der Waals surface area contributed by atoms with Crippen molar-refractivity contribution in [1.29, 1.82) is 5.26 Å². The summed E-state index contributed by atoms with van der Waals surface area (Å²) in [5.74, 6) is 0.498. The van der Waals surface area contributed by atoms with Crippen molar-refractivity contribution in [3.63, 3.8) is 0 Å². The normalized spacial score (nSPS) is 23.0. The van der Waals surface area contributed by atoms with Crippen molar-refractivity contribution in [2.75, 3.05) is 49.6 Å². The molecule has 4 N–H and O–H groups in total. The Morgan fingerprint density at radius 2 is 1.57 bits per heavy atom. The van der Waals surface area contributed by atoms with Crippen LogP contribution in [0.4, 0.5) is 11.4 Å². The molecule has 5 fully saturated rings. The molecule has 342 valence electrons. The van der Waals surface area contributed by atoms with Gasteiger partial charge in [-0.05, 0) is 118 Å². The number of imide groups is 1. The predicted molar refractivity (Wildman–Crippen MR) is 251 cm³/mol. The highest BCUT2D eigenvalue weighted by molar-refractivity contribution is 6.00. The molecule has 4 saturated heterocycles. The molecule has 0 spiro atoms. The number of H-pyrrole nitrogens is 1. The summed E-state index contributed by atoms with van der Waals surface area (Å²) in [6.07, 6.45) is 7.65. The molecule has 3 unspecified atom stereocenters. The molecule has 5 aliphatic rings. The second-order valence-corrected chi connectivity index (χ2v) is 20.2. The summed E-state index contributed by atoms with van der Waals surface area (Å²) in [5.41, 5.74) is 10.8. The van der Waals surface area contributed by atoms with E-state index in [0.29, 0.717) is 59.6 Å². The van der Waals surface area contributed by atoms with Crippen molar-refractivity contribution < 1.29 is 23.9 Å². The number of aromatic nitrogens is 1. The number of nitriles is 1. The Morgan fingerprint density at radius 1 is 0.892 bits per heavy atom. The third-order valence-corrected chi connectivity index (χ3v) is 14.6. The maximum atomic E-state index is 12.4. The number of hydrogen-bond donors (Lipinski definition) is 3. The van der Waals surface area contributed by atoms with E-state index < -0.39 is 5.91 Å². The molecular weight excluding hydrogens is 821 g/mol. The fourth-order valence-electron chi connectivity index (χ4n) is 11.7. The van der Waals surface area contributed by atoms with Crippen molar-refractivity contribution in [3.05, 3.63) is 99.3 Å². The minimum Gasteiger partial charge on any atom is -0.489 e. The molecule has 0 radical (unpaired) electrons. The van der Waals surface area contributed by atoms with Crippen LogP contribution in [0.25, 0.3) is 10.9 Å². The number of piperidine rings is 2. The molecule has 9 rings (SSSR count). The number of carbonyl (C=O) groups excluding carboxylic acids is 4. The Kier molecular flexibility index (Phi) is 12.9. The molecule has 2 bridgehead atoms. The number of piperazine rings is 1. The number of carbonyl (C=O) groups is 4. The summed E-state index contributed by atoms with van der Waals surface area (Å²) >= 11 is 0. The van der Waals surface area contributed by atoms with Gasteiger partial charge in [-0.25, -0.2) is 0 Å². The number of rotatable bonds is 11. The summed E-state index contributed by atoms with van der Waals surface area (Å²) in [4.78, 5) is 71.1. The summed E-state index contributed by atoms with van der Waals surface area (Å²) in [7, 11) is 1.87. The van der Waals surface area contributed by atoms with Gasteiger partial charge >= 0.3 is 0 Å². The third-order valence-electron chi connectivity index (χ3n) is 14.6. The van der Waals surface area contributed by atoms with E-state index in [9.17, 15) is 29.2 Å². The van der Waals surface area contributed by atoms with Gasteiger partial charge in [-0.1, -0.05) is 27.7 Å². The van der Waals surface area contributed by atoms with E-state index in [0.717, 1.165) is 86.3 Å². The summed E-state index contributed by atoms with van der Waals surface area (Å²) < 4.78 is 6.30. The number of benzene rings is 3. The van der Waals surface area contributed by atoms with Gasteiger partial charge in [0.15, 0.2) is 0 Å². The van der Waals surface area contributed by atoms with Crippen LogP contribution in [0.2, 0.25) is 0 Å². The van der Waals surface area contributed by atoms with E-state index in [1.54, 1.807) is 12.1 Å². The number of aldehydes is 1. The lowest BCUT2D eigenvalue weighted by molar-refractivity contribution is -0.137. The second kappa shape index (κ2) is 18.4. The van der Waals surface area contributed by atoms with Gasteiger partial charge in [-0.15, -0.1) is 0 Å². The van der Waals surface area contributed by atoms with Gasteiger partial charge < -0.3 is 25.3 Å². The zero-order chi connectivity index (χ0) is 46.2. The van der Waals surface area contributed by atoms with E-state index in [4.69, 9.17) is 10.5 Å². The number of amides is 3. The number of ether oxygens (including phenoxy) is 1. The van der Waals surface area contributed by atoms with E-state index >= 15 is 0 Å². The molecule has 14 heteroatoms. The Morgan fingerprint density at radius 3 is 2.18 bits per heavy atom. The number of nitrogens with zero attached hydrogens (tertiary/aromatic N) is 5. The SMILES string of the molecule is CC1(C)CC(C)(C)C1Oc1ccc(C#N)c2[nH]c(=O)ccc12.CN(Cc1cc(N2CCC(CN3C4CCC3CN(c3ccc(C(N)=O)cc3)C4)CC2)ccc1C=O)C1CCC(=O)NC1=O. The van der Waals surface area contributed by atoms with Gasteiger partial charge in [-0.2, -0.15) is 5.26 Å². The number of primary amides is 1. The number of likely N-dealkylation sites (N-methyl/N-ethyl adjacent to an activating group) is 1. The molecule has 14 nitrogen and oxygen atoms in total. The van der Waals surface area contributed by atoms with Crippen molar-refractivity contribution in [2.45, 2.75) is 103 Å². The molecule has 65 heavy (non-hydrogen) atoms. The summed E-state index contributed by atoms with van der Waals surface area (Å²) in [5, 5.41) is 12.4. The number of hydrogen-bond acceptors (Lipinski definition) is 11. The standard InChI is InChI=1S/C33H42N6O4.C18H20N2O2/c1-36(30-10-11-31(41)35-33(30)43)18-25-16-27(7-4-24(25)21-40)37-14-12-22(13-15-37)17-39-28-8-9-29(39)20-38(19-28)26-5-2-23(3-6-26)32(34)42;1-17(2)10-18(3,4)16(17)22-13-7-5-11(9-19)15-12(13)6-8-14(21)20-15/h2-7,16,21-22,28-30H,8-15,17-20H2,1H3,(H2,34,42)(H,35,41,43);5-8,16H,10H2,1-4H3,(H,20,21). The minimum absolute atomic E-state index is 0.100. The van der Waals surface area contributed by atoms with E-state index in [2.05, 4.69) is 64.8 Å². The van der Waals surface area contributed by atoms with Crippen LogP contribution in [0.3, 0.4) is 0 Å². The Bertz CT molecular complexity index is 2530. The van der Waals surface area contributed by atoms with Crippen molar-refractivity contribution >= 4 is 46.3 Å². The average Bonchev–Trinajstić information content (AvgIpc) is 3.49. The Hall–Kier alpha value is -6.04. The molecular formula is C51H62N8O6. The van der Waals surface area contributed by atoms with Crippen LogP contribution >= 0.6 is 0 Å². The fourth-order valence-corrected chi connectivity index (χ4v) is 11.7. The van der Waals surface area contributed by atoms with Crippen LogP contribution < -0.4 is 31.1 Å². The largest absolute Gasteiger partial charge is 0.489 e. The maximum Gasteiger partial charge on any atom is 0.248 e. The fraction of sp³-hybridized carbons (Fsp3) is 0.490. The molecule has 4 aromatic rings. The van der Waals surface area contributed by atoms with Crippen LogP contribution in [0, 0.1) is 28.1 Å². The van der Waals surface area contributed by atoms with E-state index in [1.807, 2.05) is 54.4 Å². The number of nitrogens with one attached hydrogen (secondary N) is 2. The number of aromatic amines is 1. The lowest BCUT2D eigenvalue weighted by atomic mass is 9.53. The maximum absolute atomic E-state index is 12.4. The molecule has 3 amide bonds. The zero-order valence-electron chi connectivity index (χ0n) is 38.3. The lowest BCUT2D eigenvalue weighted by Gasteiger charge is -2.56. The van der Waals surface area contributed by atoms with Crippen LogP contribution in [0.1, 0.15) is 104 Å². The zero-order valence-corrected chi connectivity index (χ0v) is 38.3. The second-order valence-electron chi connectivity index (χ2n) is 20.2. The highest BCUT2D eigenvalue weighted by Crippen LogP contribution is 2.55. The topological polar surface area (TPSA) is 185 Å². The average molecular weight is 883 g/mol. The molecule has 4 aliphatic heterocycles. The van der Waals surface area contributed by atoms with Crippen molar-refractivity contribution in [2.24, 2.45) is 22.5 Å². The minimum atomic E-state index is -0.390. The van der Waals surface area contributed by atoms with E-state index in [-0.39, 0.29) is 40.3 Å². The first-order valence-corrected chi connectivity index (χ1v) is 23.0. The van der Waals surface area contributed by atoms with Gasteiger partial charge in [0, 0.05) is 103 Å². The molecule has 1 aromatic heterocycles. The van der Waals surface area contributed by atoms with Crippen LogP contribution in [0.15, 0.2) is 71.5 Å². The Balaban J connectivity index is 0.000000219. The van der Waals surface area contributed by atoms with E-state index in [1.165, 1.54) is 18.9 Å². The van der Waals surface area contributed by atoms with Gasteiger partial charge in [0.2, 0.25) is 23.3 Å². The first-order valence-electron chi connectivity index (χ1n) is 23.0. The molecule has 5 heterocycles. The number of pyridine rings is 1. The lowest BCUT2D eigenvalue weighted by Crippen LogP contribution is -2.58. The quantitative estimate of drug-likeness (QED) is 0.118. The number of nitrogens with two attached hydrogens (primary N) is 1. The van der Waals surface area contributed by atoms with Crippen molar-refractivity contribution in [3.8, 4) is 11.8 Å². The molecule has 3 atom stereocenters.